The van der Waals surface area contributed by atoms with Gasteiger partial charge >= 0.3 is 6.09 Å². The van der Waals surface area contributed by atoms with Gasteiger partial charge in [0.15, 0.2) is 0 Å². The second kappa shape index (κ2) is 9.52. The lowest BCUT2D eigenvalue weighted by molar-refractivity contribution is -0.119. The maximum atomic E-state index is 11.9. The molecule has 8 nitrogen and oxygen atoms in total. The van der Waals surface area contributed by atoms with Crippen LogP contribution in [0.5, 0.6) is 0 Å². The zero-order valence-electron chi connectivity index (χ0n) is 14.8. The van der Waals surface area contributed by atoms with Gasteiger partial charge in [-0.05, 0) is 44.4 Å². The van der Waals surface area contributed by atoms with E-state index in [2.05, 4.69) is 25.5 Å². The second-order valence-corrected chi connectivity index (χ2v) is 6.04. The van der Waals surface area contributed by atoms with Gasteiger partial charge in [0.1, 0.15) is 5.00 Å². The standard InChI is InChI=1S/C17H21N5O3S/c1-4-25-17(24)19-16-15(12(3)22-26-16)11(2)20-21-14(23)10-18-13-8-6-5-7-9-13/h5-9,18H,4,10H2,1-3H3,(H,19,24)(H,21,23)/b20-11+. The molecule has 1 aromatic heterocycles. The van der Waals surface area contributed by atoms with Crippen molar-refractivity contribution in [2.45, 2.75) is 20.8 Å². The van der Waals surface area contributed by atoms with Crippen LogP contribution in [-0.2, 0) is 9.53 Å². The molecule has 0 fully saturated rings. The van der Waals surface area contributed by atoms with E-state index in [9.17, 15) is 9.59 Å². The first-order chi connectivity index (χ1) is 12.5. The molecule has 2 rings (SSSR count). The van der Waals surface area contributed by atoms with Crippen molar-refractivity contribution < 1.29 is 14.3 Å². The minimum Gasteiger partial charge on any atom is -0.450 e. The van der Waals surface area contributed by atoms with Gasteiger partial charge in [0.25, 0.3) is 5.91 Å². The zero-order chi connectivity index (χ0) is 18.9. The van der Waals surface area contributed by atoms with Gasteiger partial charge < -0.3 is 10.1 Å². The number of hydrogen-bond donors (Lipinski definition) is 3. The number of amides is 2. The predicted molar refractivity (Wildman–Crippen MR) is 103 cm³/mol. The van der Waals surface area contributed by atoms with Gasteiger partial charge in [-0.15, -0.1) is 0 Å². The highest BCUT2D eigenvalue weighted by Gasteiger charge is 2.16. The summed E-state index contributed by atoms with van der Waals surface area (Å²) in [6.07, 6.45) is -0.554. The quantitative estimate of drug-likeness (QED) is 0.510. The molecule has 1 heterocycles. The molecule has 138 valence electrons. The van der Waals surface area contributed by atoms with Crippen LogP contribution in [0.1, 0.15) is 25.1 Å². The van der Waals surface area contributed by atoms with Crippen molar-refractivity contribution in [1.82, 2.24) is 9.80 Å². The van der Waals surface area contributed by atoms with Crippen LogP contribution in [0.4, 0.5) is 15.5 Å². The lowest BCUT2D eigenvalue weighted by atomic mass is 10.2. The van der Waals surface area contributed by atoms with Crippen LogP contribution in [0.15, 0.2) is 35.4 Å². The number of hydrogen-bond acceptors (Lipinski definition) is 7. The maximum Gasteiger partial charge on any atom is 0.412 e. The maximum absolute atomic E-state index is 11.9. The Morgan fingerprint density at radius 1 is 1.27 bits per heavy atom. The molecule has 0 radical (unpaired) electrons. The lowest BCUT2D eigenvalue weighted by Crippen LogP contribution is -2.27. The monoisotopic (exact) mass is 375 g/mol. The first-order valence-electron chi connectivity index (χ1n) is 8.03. The van der Waals surface area contributed by atoms with E-state index in [0.717, 1.165) is 17.2 Å². The first kappa shape index (κ1) is 19.4. The summed E-state index contributed by atoms with van der Waals surface area (Å²) in [7, 11) is 0. The molecule has 0 unspecified atom stereocenters. The molecule has 0 spiro atoms. The van der Waals surface area contributed by atoms with E-state index in [1.54, 1.807) is 20.8 Å². The molecule has 2 aromatic rings. The number of anilines is 2. The number of para-hydroxylation sites is 1. The summed E-state index contributed by atoms with van der Waals surface area (Å²) in [4.78, 5) is 23.5. The van der Waals surface area contributed by atoms with E-state index in [-0.39, 0.29) is 19.1 Å². The molecule has 0 saturated heterocycles. The van der Waals surface area contributed by atoms with Crippen LogP contribution >= 0.6 is 11.5 Å². The van der Waals surface area contributed by atoms with Crippen molar-refractivity contribution in [2.24, 2.45) is 5.10 Å². The average molecular weight is 375 g/mol. The SMILES string of the molecule is CCOC(=O)Nc1snc(C)c1/C(C)=N/NC(=O)CNc1ccccc1. The van der Waals surface area contributed by atoms with E-state index < -0.39 is 6.09 Å². The number of benzene rings is 1. The molecule has 0 atom stereocenters. The summed E-state index contributed by atoms with van der Waals surface area (Å²) < 4.78 is 9.09. The highest BCUT2D eigenvalue weighted by atomic mass is 32.1. The third kappa shape index (κ3) is 5.55. The topological polar surface area (TPSA) is 105 Å². The van der Waals surface area contributed by atoms with Gasteiger partial charge in [0.2, 0.25) is 0 Å². The third-order valence-electron chi connectivity index (χ3n) is 3.29. The van der Waals surface area contributed by atoms with Gasteiger partial charge in [0.05, 0.1) is 30.1 Å². The molecule has 0 aliphatic rings. The molecule has 0 aliphatic heterocycles. The molecule has 0 aliphatic carbocycles. The van der Waals surface area contributed by atoms with Crippen LogP contribution in [-0.4, -0.2) is 35.2 Å². The molecule has 2 amide bonds. The van der Waals surface area contributed by atoms with Crippen LogP contribution in [0.2, 0.25) is 0 Å². The number of aryl methyl sites for hydroxylation is 1. The fourth-order valence-corrected chi connectivity index (χ4v) is 2.96. The molecule has 0 bridgehead atoms. The molecule has 9 heteroatoms. The van der Waals surface area contributed by atoms with Gasteiger partial charge in [-0.25, -0.2) is 10.2 Å². The number of aromatic nitrogens is 1. The van der Waals surface area contributed by atoms with Crippen LogP contribution < -0.4 is 16.1 Å². The van der Waals surface area contributed by atoms with Gasteiger partial charge in [-0.3, -0.25) is 10.1 Å². The number of ether oxygens (including phenoxy) is 1. The third-order valence-corrected chi connectivity index (χ3v) is 4.14. The number of rotatable bonds is 7. The van der Waals surface area contributed by atoms with Gasteiger partial charge in [0, 0.05) is 5.69 Å². The van der Waals surface area contributed by atoms with Crippen molar-refractivity contribution in [2.75, 3.05) is 23.8 Å². The molecular formula is C17H21N5O3S. The van der Waals surface area contributed by atoms with Crippen molar-refractivity contribution in [1.29, 1.82) is 0 Å². The number of nitrogens with one attached hydrogen (secondary N) is 3. The number of nitrogens with zero attached hydrogens (tertiary/aromatic N) is 2. The molecule has 26 heavy (non-hydrogen) atoms. The summed E-state index contributed by atoms with van der Waals surface area (Å²) in [5.41, 5.74) is 5.25. The van der Waals surface area contributed by atoms with Crippen molar-refractivity contribution >= 4 is 39.9 Å². The number of carbonyl (C=O) groups is 2. The molecular weight excluding hydrogens is 354 g/mol. The Kier molecular flexibility index (Phi) is 7.10. The second-order valence-electron chi connectivity index (χ2n) is 5.27. The van der Waals surface area contributed by atoms with Crippen molar-refractivity contribution in [3.05, 3.63) is 41.6 Å². The van der Waals surface area contributed by atoms with E-state index in [1.165, 1.54) is 0 Å². The smallest absolute Gasteiger partial charge is 0.412 e. The van der Waals surface area contributed by atoms with Gasteiger partial charge in [-0.2, -0.15) is 9.47 Å². The Morgan fingerprint density at radius 2 is 2.00 bits per heavy atom. The normalized spacial score (nSPS) is 11.0. The summed E-state index contributed by atoms with van der Waals surface area (Å²) in [6, 6.07) is 9.41. The largest absolute Gasteiger partial charge is 0.450 e. The Morgan fingerprint density at radius 3 is 2.69 bits per heavy atom. The van der Waals surface area contributed by atoms with E-state index in [4.69, 9.17) is 4.74 Å². The van der Waals surface area contributed by atoms with Crippen molar-refractivity contribution in [3.8, 4) is 0 Å². The molecule has 1 aromatic carbocycles. The Balaban J connectivity index is 1.97. The fraction of sp³-hybridized carbons (Fsp3) is 0.294. The number of carbonyl (C=O) groups excluding carboxylic acids is 2. The lowest BCUT2D eigenvalue weighted by Gasteiger charge is -2.07. The van der Waals surface area contributed by atoms with Crippen LogP contribution in [0, 0.1) is 6.92 Å². The van der Waals surface area contributed by atoms with E-state index in [0.29, 0.717) is 22.0 Å². The van der Waals surface area contributed by atoms with E-state index >= 15 is 0 Å². The predicted octanol–water partition coefficient (Wildman–Crippen LogP) is 2.97. The summed E-state index contributed by atoms with van der Waals surface area (Å²) in [6.45, 7) is 5.63. The number of hydrazone groups is 1. The fourth-order valence-electron chi connectivity index (χ4n) is 2.12. The summed E-state index contributed by atoms with van der Waals surface area (Å²) in [5, 5.41) is 10.3. The minimum atomic E-state index is -0.554. The van der Waals surface area contributed by atoms with Crippen molar-refractivity contribution in [3.63, 3.8) is 0 Å². The Bertz CT molecular complexity index is 789. The van der Waals surface area contributed by atoms with E-state index in [1.807, 2.05) is 30.3 Å². The first-order valence-corrected chi connectivity index (χ1v) is 8.81. The molecule has 3 N–H and O–H groups in total. The summed E-state index contributed by atoms with van der Waals surface area (Å²) in [5.74, 6) is -0.283. The Hall–Kier alpha value is -2.94. The van der Waals surface area contributed by atoms with Gasteiger partial charge in [-0.1, -0.05) is 18.2 Å². The Labute approximate surface area is 155 Å². The van der Waals surface area contributed by atoms with Crippen LogP contribution in [0.3, 0.4) is 0 Å². The highest BCUT2D eigenvalue weighted by Crippen LogP contribution is 2.25. The highest BCUT2D eigenvalue weighted by molar-refractivity contribution is 7.11. The molecule has 0 saturated carbocycles. The zero-order valence-corrected chi connectivity index (χ0v) is 15.6. The minimum absolute atomic E-state index is 0.0929. The summed E-state index contributed by atoms with van der Waals surface area (Å²) >= 11 is 1.13. The van der Waals surface area contributed by atoms with Crippen LogP contribution in [0.25, 0.3) is 0 Å². The average Bonchev–Trinajstić information content (AvgIpc) is 2.99.